The van der Waals surface area contributed by atoms with Crippen molar-refractivity contribution in [3.63, 3.8) is 0 Å². The summed E-state index contributed by atoms with van der Waals surface area (Å²) in [6.45, 7) is 1.62. The van der Waals surface area contributed by atoms with Crippen LogP contribution in [0.3, 0.4) is 0 Å². The van der Waals surface area contributed by atoms with Gasteiger partial charge >= 0.3 is 0 Å². The first-order chi connectivity index (χ1) is 12.9. The van der Waals surface area contributed by atoms with Gasteiger partial charge in [-0.2, -0.15) is 5.10 Å². The maximum absolute atomic E-state index is 12.0. The number of nitro groups is 1. The van der Waals surface area contributed by atoms with Crippen LogP contribution in [0.25, 0.3) is 0 Å². The van der Waals surface area contributed by atoms with Crippen LogP contribution in [0.5, 0.6) is 0 Å². The van der Waals surface area contributed by atoms with E-state index in [1.807, 2.05) is 30.3 Å². The molecule has 0 fully saturated rings. The lowest BCUT2D eigenvalue weighted by Crippen LogP contribution is -2.21. The molecule has 0 saturated carbocycles. The van der Waals surface area contributed by atoms with E-state index in [2.05, 4.69) is 15.8 Å². The first kappa shape index (κ1) is 19.8. The number of hydrazone groups is 1. The molecule has 2 N–H and O–H groups in total. The van der Waals surface area contributed by atoms with Gasteiger partial charge in [0.05, 0.1) is 11.3 Å². The van der Waals surface area contributed by atoms with Crippen LogP contribution >= 0.6 is 0 Å². The summed E-state index contributed by atoms with van der Waals surface area (Å²) in [7, 11) is 0. The third kappa shape index (κ3) is 7.07. The van der Waals surface area contributed by atoms with Gasteiger partial charge in [0.15, 0.2) is 0 Å². The predicted octanol–water partition coefficient (Wildman–Crippen LogP) is 3.05. The summed E-state index contributed by atoms with van der Waals surface area (Å²) < 4.78 is 0. The Morgan fingerprint density at radius 2 is 1.81 bits per heavy atom. The molecule has 27 heavy (non-hydrogen) atoms. The number of benzene rings is 2. The second-order valence-electron chi connectivity index (χ2n) is 5.90. The number of anilines is 1. The smallest absolute Gasteiger partial charge is 0.271 e. The molecule has 0 bridgehead atoms. The van der Waals surface area contributed by atoms with Gasteiger partial charge in [-0.1, -0.05) is 36.4 Å². The van der Waals surface area contributed by atoms with Gasteiger partial charge in [0.2, 0.25) is 11.8 Å². The SMILES string of the molecule is C/C(CC(=O)Nc1cccc([N+](=O)[O-])c1)=N\NC(=O)CCc1ccccc1. The van der Waals surface area contributed by atoms with Crippen LogP contribution < -0.4 is 10.7 Å². The Labute approximate surface area is 156 Å². The third-order valence-electron chi connectivity index (χ3n) is 3.61. The molecular weight excluding hydrogens is 348 g/mol. The Bertz CT molecular complexity index is 850. The average molecular weight is 368 g/mol. The molecule has 0 atom stereocenters. The number of nitrogens with one attached hydrogen (secondary N) is 2. The van der Waals surface area contributed by atoms with Crippen molar-refractivity contribution < 1.29 is 14.5 Å². The second kappa shape index (κ2) is 9.81. The van der Waals surface area contributed by atoms with Crippen molar-refractivity contribution in [2.75, 3.05) is 5.32 Å². The highest BCUT2D eigenvalue weighted by Crippen LogP contribution is 2.17. The minimum atomic E-state index is -0.534. The van der Waals surface area contributed by atoms with E-state index in [-0.39, 0.29) is 23.9 Å². The largest absolute Gasteiger partial charge is 0.326 e. The van der Waals surface area contributed by atoms with Crippen LogP contribution in [0.1, 0.15) is 25.3 Å². The number of hydrogen-bond acceptors (Lipinski definition) is 5. The summed E-state index contributed by atoms with van der Waals surface area (Å²) in [5.41, 5.74) is 4.13. The van der Waals surface area contributed by atoms with E-state index in [0.29, 0.717) is 24.2 Å². The molecule has 0 radical (unpaired) electrons. The van der Waals surface area contributed by atoms with Gasteiger partial charge in [-0.3, -0.25) is 19.7 Å². The van der Waals surface area contributed by atoms with E-state index in [4.69, 9.17) is 0 Å². The summed E-state index contributed by atoms with van der Waals surface area (Å²) in [5, 5.41) is 17.2. The number of nitrogens with zero attached hydrogens (tertiary/aromatic N) is 2. The zero-order valence-electron chi connectivity index (χ0n) is 14.8. The van der Waals surface area contributed by atoms with Crippen molar-refractivity contribution in [1.29, 1.82) is 0 Å². The zero-order chi connectivity index (χ0) is 19.6. The molecular formula is C19H20N4O4. The highest BCUT2D eigenvalue weighted by molar-refractivity contribution is 6.05. The number of non-ortho nitro benzene ring substituents is 1. The Morgan fingerprint density at radius 1 is 1.07 bits per heavy atom. The fraction of sp³-hybridized carbons (Fsp3) is 0.211. The number of carbonyl (C=O) groups is 2. The van der Waals surface area contributed by atoms with Crippen LogP contribution in [0, 0.1) is 10.1 Å². The van der Waals surface area contributed by atoms with Crippen molar-refractivity contribution in [2.24, 2.45) is 5.10 Å². The molecule has 8 nitrogen and oxygen atoms in total. The number of carbonyl (C=O) groups excluding carboxylic acids is 2. The Hall–Kier alpha value is -3.55. The van der Waals surface area contributed by atoms with E-state index >= 15 is 0 Å². The van der Waals surface area contributed by atoms with Crippen molar-refractivity contribution >= 4 is 28.9 Å². The van der Waals surface area contributed by atoms with Crippen molar-refractivity contribution in [3.05, 3.63) is 70.3 Å². The van der Waals surface area contributed by atoms with Gasteiger partial charge in [0.1, 0.15) is 0 Å². The minimum absolute atomic E-state index is 0.0400. The number of hydrogen-bond donors (Lipinski definition) is 2. The summed E-state index contributed by atoms with van der Waals surface area (Å²) in [4.78, 5) is 34.0. The topological polar surface area (TPSA) is 114 Å². The molecule has 0 aliphatic rings. The normalized spacial score (nSPS) is 10.9. The summed E-state index contributed by atoms with van der Waals surface area (Å²) in [6.07, 6.45) is 0.858. The molecule has 2 amide bonds. The number of rotatable bonds is 8. The highest BCUT2D eigenvalue weighted by Gasteiger charge is 2.09. The number of aryl methyl sites for hydroxylation is 1. The summed E-state index contributed by atoms with van der Waals surface area (Å²) >= 11 is 0. The highest BCUT2D eigenvalue weighted by atomic mass is 16.6. The average Bonchev–Trinajstić information content (AvgIpc) is 2.65. The van der Waals surface area contributed by atoms with Gasteiger partial charge < -0.3 is 5.32 Å². The Kier molecular flexibility index (Phi) is 7.18. The van der Waals surface area contributed by atoms with Crippen LogP contribution in [0.4, 0.5) is 11.4 Å². The fourth-order valence-corrected chi connectivity index (χ4v) is 2.29. The first-order valence-electron chi connectivity index (χ1n) is 8.34. The van der Waals surface area contributed by atoms with E-state index in [1.54, 1.807) is 13.0 Å². The molecule has 0 aliphatic carbocycles. The van der Waals surface area contributed by atoms with Gasteiger partial charge in [-0.05, 0) is 25.0 Å². The van der Waals surface area contributed by atoms with E-state index in [0.717, 1.165) is 5.56 Å². The molecule has 0 heterocycles. The lowest BCUT2D eigenvalue weighted by molar-refractivity contribution is -0.384. The van der Waals surface area contributed by atoms with E-state index < -0.39 is 4.92 Å². The van der Waals surface area contributed by atoms with Gasteiger partial charge in [-0.25, -0.2) is 5.43 Å². The lowest BCUT2D eigenvalue weighted by Gasteiger charge is -2.06. The fourth-order valence-electron chi connectivity index (χ4n) is 2.29. The zero-order valence-corrected chi connectivity index (χ0v) is 14.8. The van der Waals surface area contributed by atoms with Gasteiger partial charge in [-0.15, -0.1) is 0 Å². The summed E-state index contributed by atoms with van der Waals surface area (Å²) in [5.74, 6) is -0.618. The van der Waals surface area contributed by atoms with Crippen LogP contribution in [-0.2, 0) is 16.0 Å². The van der Waals surface area contributed by atoms with Crippen molar-refractivity contribution in [3.8, 4) is 0 Å². The molecule has 0 aliphatic heterocycles. The lowest BCUT2D eigenvalue weighted by atomic mass is 10.1. The molecule has 0 saturated heterocycles. The van der Waals surface area contributed by atoms with Crippen molar-refractivity contribution in [1.82, 2.24) is 5.43 Å². The molecule has 0 spiro atoms. The Morgan fingerprint density at radius 3 is 2.52 bits per heavy atom. The third-order valence-corrected chi connectivity index (χ3v) is 3.61. The molecule has 2 rings (SSSR count). The minimum Gasteiger partial charge on any atom is -0.326 e. The van der Waals surface area contributed by atoms with E-state index in [1.165, 1.54) is 18.2 Å². The van der Waals surface area contributed by atoms with Crippen LogP contribution in [0.15, 0.2) is 59.7 Å². The van der Waals surface area contributed by atoms with Crippen LogP contribution in [0.2, 0.25) is 0 Å². The number of amides is 2. The predicted molar refractivity (Wildman–Crippen MR) is 102 cm³/mol. The van der Waals surface area contributed by atoms with Crippen molar-refractivity contribution in [2.45, 2.75) is 26.2 Å². The van der Waals surface area contributed by atoms with E-state index in [9.17, 15) is 19.7 Å². The molecule has 0 unspecified atom stereocenters. The van der Waals surface area contributed by atoms with Gasteiger partial charge in [0, 0.05) is 30.0 Å². The Balaban J connectivity index is 1.78. The standard InChI is InChI=1S/C19H20N4O4/c1-14(21-22-18(24)11-10-15-6-3-2-4-7-15)12-19(25)20-16-8-5-9-17(13-16)23(26)27/h2-9,13H,10-12H2,1H3,(H,20,25)(H,22,24)/b21-14+. The molecule has 2 aromatic carbocycles. The second-order valence-corrected chi connectivity index (χ2v) is 5.90. The molecule has 8 heteroatoms. The molecule has 2 aromatic rings. The summed E-state index contributed by atoms with van der Waals surface area (Å²) in [6, 6.07) is 15.3. The van der Waals surface area contributed by atoms with Gasteiger partial charge in [0.25, 0.3) is 5.69 Å². The first-order valence-corrected chi connectivity index (χ1v) is 8.34. The van der Waals surface area contributed by atoms with Crippen LogP contribution in [-0.4, -0.2) is 22.4 Å². The maximum atomic E-state index is 12.0. The molecule has 140 valence electrons. The number of nitro benzene ring substituents is 1. The monoisotopic (exact) mass is 368 g/mol. The quantitative estimate of drug-likeness (QED) is 0.423. The molecule has 0 aromatic heterocycles. The maximum Gasteiger partial charge on any atom is 0.271 e.